The first-order valence-electron chi connectivity index (χ1n) is 15.7. The van der Waals surface area contributed by atoms with Gasteiger partial charge in [-0.2, -0.15) is 8.78 Å². The number of hydrogen-bond donors (Lipinski definition) is 5. The maximum absolute atomic E-state index is 14.0. The summed E-state index contributed by atoms with van der Waals surface area (Å²) in [6.45, 7) is 4.86. The first-order valence-corrected chi connectivity index (χ1v) is 15.7. The van der Waals surface area contributed by atoms with E-state index in [2.05, 4.69) is 26.0 Å². The normalized spacial score (nSPS) is 13.5. The predicted molar refractivity (Wildman–Crippen MR) is 174 cm³/mol. The van der Waals surface area contributed by atoms with Crippen molar-refractivity contribution in [1.82, 2.24) is 21.3 Å². The van der Waals surface area contributed by atoms with E-state index in [1.165, 1.54) is 6.92 Å². The van der Waals surface area contributed by atoms with Crippen molar-refractivity contribution in [2.75, 3.05) is 6.54 Å². The number of benzene rings is 3. The van der Waals surface area contributed by atoms with E-state index in [1.54, 1.807) is 81.4 Å². The van der Waals surface area contributed by atoms with Crippen molar-refractivity contribution in [2.24, 2.45) is 0 Å². The minimum atomic E-state index is -2.47. The van der Waals surface area contributed by atoms with Crippen LogP contribution < -0.4 is 26.0 Å². The van der Waals surface area contributed by atoms with E-state index in [-0.39, 0.29) is 12.8 Å². The minimum Gasteiger partial charge on any atom is -0.444 e. The van der Waals surface area contributed by atoms with Crippen LogP contribution in [0.2, 0.25) is 0 Å². The minimum absolute atomic E-state index is 0.134. The molecular formula is C35H37F5N4O8. The summed E-state index contributed by atoms with van der Waals surface area (Å²) in [7, 11) is 0. The fraction of sp³-hybridized carbons (Fsp3) is 0.343. The molecule has 280 valence electrons. The molecule has 5 N–H and O–H groups in total. The molecule has 3 aromatic carbocycles. The van der Waals surface area contributed by atoms with Crippen LogP contribution in [-0.2, 0) is 36.8 Å². The fourth-order valence-corrected chi connectivity index (χ4v) is 4.60. The number of ether oxygens (including phenoxy) is 2. The number of amides is 4. The highest BCUT2D eigenvalue weighted by Crippen LogP contribution is 2.29. The van der Waals surface area contributed by atoms with Crippen molar-refractivity contribution in [3.05, 3.63) is 101 Å². The molecule has 0 aliphatic rings. The summed E-state index contributed by atoms with van der Waals surface area (Å²) in [5, 5.41) is 19.6. The van der Waals surface area contributed by atoms with Gasteiger partial charge in [-0.1, -0.05) is 60.7 Å². The molecule has 0 bridgehead atoms. The molecule has 3 aromatic rings. The summed E-state index contributed by atoms with van der Waals surface area (Å²) < 4.78 is 78.0. The van der Waals surface area contributed by atoms with E-state index in [0.717, 1.165) is 0 Å². The quantitative estimate of drug-likeness (QED) is 0.0553. The highest BCUT2D eigenvalue weighted by atomic mass is 19.2. The molecule has 4 atom stereocenters. The number of rotatable bonds is 14. The number of halogens is 5. The molecule has 0 spiro atoms. The fourth-order valence-electron chi connectivity index (χ4n) is 4.60. The zero-order valence-corrected chi connectivity index (χ0v) is 28.4. The number of alkyl carbamates (subject to hydrolysis) is 1. The molecule has 0 fully saturated rings. The molecule has 0 saturated carbocycles. The lowest BCUT2D eigenvalue weighted by Crippen LogP contribution is -2.60. The highest BCUT2D eigenvalue weighted by Gasteiger charge is 2.34. The van der Waals surface area contributed by atoms with Crippen LogP contribution in [0.4, 0.5) is 26.7 Å². The SMILES string of the molecule is C[C@@H](O)[C@H](NC(=O)OC(C)(C)C)C(=O)N[C@@H](Cc1ccccc1)C(=O)N[C@@H](Cc1ccccc1)C(=O)NCC(=O)Oc1c(F)c(F)c(F)c(F)c1F. The number of carbonyl (C=O) groups is 5. The maximum atomic E-state index is 14.0. The van der Waals surface area contributed by atoms with E-state index in [4.69, 9.17) is 4.74 Å². The number of hydrogen-bond acceptors (Lipinski definition) is 8. The number of aliphatic hydroxyl groups excluding tert-OH is 1. The molecule has 0 unspecified atom stereocenters. The number of aliphatic hydroxyl groups is 1. The van der Waals surface area contributed by atoms with Crippen molar-refractivity contribution in [3.8, 4) is 5.75 Å². The van der Waals surface area contributed by atoms with Crippen LogP contribution >= 0.6 is 0 Å². The van der Waals surface area contributed by atoms with Gasteiger partial charge < -0.3 is 35.8 Å². The second kappa shape index (κ2) is 18.1. The average molecular weight is 737 g/mol. The molecule has 12 nitrogen and oxygen atoms in total. The van der Waals surface area contributed by atoms with E-state index < -0.39 is 101 Å². The summed E-state index contributed by atoms with van der Waals surface area (Å²) >= 11 is 0. The lowest BCUT2D eigenvalue weighted by Gasteiger charge is -2.27. The molecule has 0 aromatic heterocycles. The van der Waals surface area contributed by atoms with E-state index in [9.17, 15) is 51.0 Å². The van der Waals surface area contributed by atoms with Gasteiger partial charge in [0.15, 0.2) is 0 Å². The summed E-state index contributed by atoms with van der Waals surface area (Å²) in [6.07, 6.45) is -2.79. The van der Waals surface area contributed by atoms with Crippen molar-refractivity contribution >= 4 is 29.8 Å². The first-order chi connectivity index (χ1) is 24.4. The van der Waals surface area contributed by atoms with E-state index in [0.29, 0.717) is 11.1 Å². The Hall–Kier alpha value is -5.58. The molecule has 17 heteroatoms. The van der Waals surface area contributed by atoms with Gasteiger partial charge >= 0.3 is 12.1 Å². The van der Waals surface area contributed by atoms with Gasteiger partial charge in [-0.25, -0.2) is 22.8 Å². The number of carbonyl (C=O) groups excluding carboxylic acids is 5. The van der Waals surface area contributed by atoms with Crippen molar-refractivity contribution in [3.63, 3.8) is 0 Å². The van der Waals surface area contributed by atoms with Gasteiger partial charge in [0.2, 0.25) is 52.6 Å². The Bertz CT molecular complexity index is 1730. The molecule has 3 rings (SSSR count). The summed E-state index contributed by atoms with van der Waals surface area (Å²) in [4.78, 5) is 65.2. The molecule has 0 radical (unpaired) electrons. The molecule has 0 aliphatic carbocycles. The van der Waals surface area contributed by atoms with Crippen molar-refractivity contribution < 1.29 is 60.5 Å². The molecule has 52 heavy (non-hydrogen) atoms. The summed E-state index contributed by atoms with van der Waals surface area (Å²) in [5.41, 5.74) is 0.149. The smallest absolute Gasteiger partial charge is 0.408 e. The van der Waals surface area contributed by atoms with Gasteiger partial charge in [0, 0.05) is 12.8 Å². The van der Waals surface area contributed by atoms with Gasteiger partial charge in [0.25, 0.3) is 0 Å². The van der Waals surface area contributed by atoms with E-state index in [1.807, 2.05) is 0 Å². The predicted octanol–water partition coefficient (Wildman–Crippen LogP) is 3.13. The Morgan fingerprint density at radius 2 is 1.12 bits per heavy atom. The van der Waals surface area contributed by atoms with Gasteiger partial charge in [-0.3, -0.25) is 14.4 Å². The molecule has 0 heterocycles. The zero-order chi connectivity index (χ0) is 38.7. The monoisotopic (exact) mass is 736 g/mol. The average Bonchev–Trinajstić information content (AvgIpc) is 3.09. The number of nitrogens with one attached hydrogen (secondary N) is 4. The third-order valence-electron chi connectivity index (χ3n) is 7.06. The Labute approximate surface area is 295 Å². The summed E-state index contributed by atoms with van der Waals surface area (Å²) in [6, 6.07) is 12.1. The molecular weight excluding hydrogens is 699 g/mol. The highest BCUT2D eigenvalue weighted by molar-refractivity contribution is 5.95. The van der Waals surface area contributed by atoms with Crippen LogP contribution in [0.3, 0.4) is 0 Å². The van der Waals surface area contributed by atoms with Gasteiger partial charge in [-0.15, -0.1) is 0 Å². The van der Waals surface area contributed by atoms with Crippen LogP contribution in [0.25, 0.3) is 0 Å². The van der Waals surface area contributed by atoms with E-state index >= 15 is 0 Å². The largest absolute Gasteiger partial charge is 0.444 e. The molecule has 0 aliphatic heterocycles. The van der Waals surface area contributed by atoms with Crippen LogP contribution in [0, 0.1) is 29.1 Å². The topological polar surface area (TPSA) is 172 Å². The second-order valence-electron chi connectivity index (χ2n) is 12.5. The Kier molecular flexibility index (Phi) is 14.2. The van der Waals surface area contributed by atoms with Gasteiger partial charge in [-0.05, 0) is 38.8 Å². The van der Waals surface area contributed by atoms with Crippen LogP contribution in [0.5, 0.6) is 5.75 Å². The van der Waals surface area contributed by atoms with Crippen LogP contribution in [0.15, 0.2) is 60.7 Å². The van der Waals surface area contributed by atoms with Crippen LogP contribution in [0.1, 0.15) is 38.8 Å². The Balaban J connectivity index is 1.83. The van der Waals surface area contributed by atoms with Crippen molar-refractivity contribution in [2.45, 2.75) is 70.4 Å². The maximum Gasteiger partial charge on any atom is 0.408 e. The standard InChI is InChI=1S/C35H37F5N4O8/c1-18(45)29(44-34(50)52-35(2,3)4)33(49)43-22(16-20-13-9-6-10-14-20)32(48)42-21(15-19-11-7-5-8-12-19)31(47)41-17-23(46)51-30-27(39)25(37)24(36)26(38)28(30)40/h5-14,18,21-22,29,45H,15-17H2,1-4H3,(H,41,47)(H,42,48)(H,43,49)(H,44,50)/t18-,21+,22+,29+/m1/s1. The van der Waals surface area contributed by atoms with Gasteiger partial charge in [0.05, 0.1) is 6.10 Å². The Morgan fingerprint density at radius 1 is 0.673 bits per heavy atom. The third-order valence-corrected chi connectivity index (χ3v) is 7.06. The lowest BCUT2D eigenvalue weighted by atomic mass is 10.0. The first kappa shape index (κ1) is 40.8. The summed E-state index contributed by atoms with van der Waals surface area (Å²) in [5.74, 6) is -18.4. The molecule has 0 saturated heterocycles. The van der Waals surface area contributed by atoms with Gasteiger partial charge in [0.1, 0.15) is 30.3 Å². The zero-order valence-electron chi connectivity index (χ0n) is 28.4. The van der Waals surface area contributed by atoms with Crippen LogP contribution in [-0.4, -0.2) is 71.3 Å². The lowest BCUT2D eigenvalue weighted by molar-refractivity contribution is -0.137. The second-order valence-corrected chi connectivity index (χ2v) is 12.5. The Morgan fingerprint density at radius 3 is 1.58 bits per heavy atom. The van der Waals surface area contributed by atoms with Crippen molar-refractivity contribution in [1.29, 1.82) is 0 Å². The molecule has 4 amide bonds. The number of esters is 1. The third kappa shape index (κ3) is 11.8.